The molecule has 0 saturated carbocycles. The Morgan fingerprint density at radius 2 is 1.81 bits per heavy atom. The Bertz CT molecular complexity index is 657. The number of nitrogens with zero attached hydrogens (tertiary/aromatic N) is 1. The van der Waals surface area contributed by atoms with Crippen molar-refractivity contribution in [1.29, 1.82) is 0 Å². The van der Waals surface area contributed by atoms with Crippen LogP contribution in [-0.4, -0.2) is 23.0 Å². The standard InChI is InChI=1S/C17H20N2OS/c1-4-10-19(11-5-2)12-15-16(18-17(20)21-15)14-8-6-13(3)7-9-14/h4-9H,1-2,10-12H2,3H3,(H,18,20). The van der Waals surface area contributed by atoms with Crippen molar-refractivity contribution in [3.05, 3.63) is 69.7 Å². The van der Waals surface area contributed by atoms with Crippen molar-refractivity contribution < 1.29 is 0 Å². The minimum absolute atomic E-state index is 0.0160. The molecule has 0 radical (unpaired) electrons. The predicted molar refractivity (Wildman–Crippen MR) is 90.8 cm³/mol. The normalized spacial score (nSPS) is 10.8. The number of hydrogen-bond donors (Lipinski definition) is 1. The fourth-order valence-corrected chi connectivity index (χ4v) is 3.09. The van der Waals surface area contributed by atoms with Gasteiger partial charge < -0.3 is 4.98 Å². The van der Waals surface area contributed by atoms with Gasteiger partial charge in [-0.3, -0.25) is 9.69 Å². The number of benzene rings is 1. The average Bonchev–Trinajstić information content (AvgIpc) is 2.81. The Morgan fingerprint density at radius 3 is 2.38 bits per heavy atom. The van der Waals surface area contributed by atoms with Crippen LogP contribution in [0.2, 0.25) is 0 Å². The van der Waals surface area contributed by atoms with Gasteiger partial charge in [-0.1, -0.05) is 53.3 Å². The zero-order valence-electron chi connectivity index (χ0n) is 12.3. The number of hydrogen-bond acceptors (Lipinski definition) is 3. The molecule has 4 heteroatoms. The van der Waals surface area contributed by atoms with Crippen LogP contribution in [0.25, 0.3) is 11.3 Å². The molecule has 0 aliphatic rings. The third kappa shape index (κ3) is 4.03. The van der Waals surface area contributed by atoms with Gasteiger partial charge in [0.1, 0.15) is 0 Å². The highest BCUT2D eigenvalue weighted by Gasteiger charge is 2.13. The smallest absolute Gasteiger partial charge is 0.305 e. The molecule has 2 rings (SSSR count). The molecule has 0 amide bonds. The molecule has 0 aliphatic carbocycles. The second-order valence-electron chi connectivity index (χ2n) is 4.95. The van der Waals surface area contributed by atoms with E-state index in [1.54, 1.807) is 0 Å². The molecule has 1 aromatic carbocycles. The van der Waals surface area contributed by atoms with Crippen molar-refractivity contribution >= 4 is 11.3 Å². The summed E-state index contributed by atoms with van der Waals surface area (Å²) in [6.45, 7) is 11.9. The van der Waals surface area contributed by atoms with Crippen LogP contribution in [0.3, 0.4) is 0 Å². The van der Waals surface area contributed by atoms with E-state index in [0.717, 1.165) is 29.2 Å². The fourth-order valence-electron chi connectivity index (χ4n) is 2.20. The van der Waals surface area contributed by atoms with Gasteiger partial charge in [-0.05, 0) is 12.5 Å². The first-order valence-corrected chi connectivity index (χ1v) is 7.69. The van der Waals surface area contributed by atoms with Crippen LogP contribution in [0, 0.1) is 6.92 Å². The Morgan fingerprint density at radius 1 is 1.19 bits per heavy atom. The first-order chi connectivity index (χ1) is 10.1. The second-order valence-corrected chi connectivity index (χ2v) is 6.02. The summed E-state index contributed by atoms with van der Waals surface area (Å²) in [5.41, 5.74) is 3.17. The maximum Gasteiger partial charge on any atom is 0.305 e. The van der Waals surface area contributed by atoms with Crippen LogP contribution >= 0.6 is 11.3 Å². The van der Waals surface area contributed by atoms with Gasteiger partial charge in [-0.2, -0.15) is 0 Å². The number of nitrogens with one attached hydrogen (secondary N) is 1. The molecule has 0 saturated heterocycles. The molecule has 0 atom stereocenters. The van der Waals surface area contributed by atoms with E-state index >= 15 is 0 Å². The number of rotatable bonds is 7. The van der Waals surface area contributed by atoms with E-state index in [2.05, 4.69) is 42.1 Å². The van der Waals surface area contributed by atoms with Crippen molar-refractivity contribution in [3.63, 3.8) is 0 Å². The zero-order chi connectivity index (χ0) is 15.2. The van der Waals surface area contributed by atoms with Gasteiger partial charge >= 0.3 is 4.87 Å². The predicted octanol–water partition coefficient (Wildman–Crippen LogP) is 3.59. The molecular weight excluding hydrogens is 280 g/mol. The lowest BCUT2D eigenvalue weighted by Crippen LogP contribution is -2.23. The van der Waals surface area contributed by atoms with Crippen LogP contribution in [-0.2, 0) is 6.54 Å². The maximum absolute atomic E-state index is 11.8. The van der Waals surface area contributed by atoms with Gasteiger partial charge in [0, 0.05) is 24.5 Å². The molecular formula is C17H20N2OS. The minimum Gasteiger partial charge on any atom is -0.312 e. The molecule has 21 heavy (non-hydrogen) atoms. The van der Waals surface area contributed by atoms with Crippen LogP contribution in [0.5, 0.6) is 0 Å². The van der Waals surface area contributed by atoms with Gasteiger partial charge in [0.15, 0.2) is 0 Å². The zero-order valence-corrected chi connectivity index (χ0v) is 13.1. The second kappa shape index (κ2) is 7.20. The average molecular weight is 300 g/mol. The SMILES string of the molecule is C=CCN(CC=C)Cc1sc(=O)[nH]c1-c1ccc(C)cc1. The Hall–Kier alpha value is -1.91. The summed E-state index contributed by atoms with van der Waals surface area (Å²) in [5.74, 6) is 0. The maximum atomic E-state index is 11.8. The summed E-state index contributed by atoms with van der Waals surface area (Å²) in [4.78, 5) is 17.9. The molecule has 0 unspecified atom stereocenters. The Balaban J connectivity index is 2.31. The lowest BCUT2D eigenvalue weighted by molar-refractivity contribution is 0.331. The third-order valence-corrected chi connectivity index (χ3v) is 4.07. The summed E-state index contributed by atoms with van der Waals surface area (Å²) in [7, 11) is 0. The largest absolute Gasteiger partial charge is 0.312 e. The molecule has 110 valence electrons. The minimum atomic E-state index is -0.0160. The third-order valence-electron chi connectivity index (χ3n) is 3.20. The van der Waals surface area contributed by atoms with Crippen LogP contribution in [0.15, 0.2) is 54.4 Å². The van der Waals surface area contributed by atoms with Crippen molar-refractivity contribution in [2.75, 3.05) is 13.1 Å². The molecule has 1 aromatic heterocycles. The van der Waals surface area contributed by atoms with E-state index in [4.69, 9.17) is 0 Å². The lowest BCUT2D eigenvalue weighted by Gasteiger charge is -2.18. The van der Waals surface area contributed by atoms with E-state index in [0.29, 0.717) is 6.54 Å². The Labute approximate surface area is 129 Å². The lowest BCUT2D eigenvalue weighted by atomic mass is 10.1. The van der Waals surface area contributed by atoms with Crippen molar-refractivity contribution in [2.45, 2.75) is 13.5 Å². The van der Waals surface area contributed by atoms with E-state index in [1.807, 2.05) is 24.3 Å². The Kier molecular flexibility index (Phi) is 5.31. The highest BCUT2D eigenvalue weighted by Crippen LogP contribution is 2.24. The van der Waals surface area contributed by atoms with Gasteiger partial charge in [-0.25, -0.2) is 0 Å². The first-order valence-electron chi connectivity index (χ1n) is 6.87. The summed E-state index contributed by atoms with van der Waals surface area (Å²) < 4.78 is 0. The molecule has 1 N–H and O–H groups in total. The number of aromatic amines is 1. The number of thiazole rings is 1. The van der Waals surface area contributed by atoms with Crippen LogP contribution in [0.4, 0.5) is 0 Å². The first kappa shape index (κ1) is 15.5. The monoisotopic (exact) mass is 300 g/mol. The van der Waals surface area contributed by atoms with Crippen LogP contribution < -0.4 is 4.87 Å². The molecule has 1 heterocycles. The van der Waals surface area contributed by atoms with Crippen molar-refractivity contribution in [3.8, 4) is 11.3 Å². The topological polar surface area (TPSA) is 36.1 Å². The molecule has 0 aliphatic heterocycles. The van der Waals surface area contributed by atoms with Crippen LogP contribution in [0.1, 0.15) is 10.4 Å². The summed E-state index contributed by atoms with van der Waals surface area (Å²) in [6.07, 6.45) is 3.73. The molecule has 0 fully saturated rings. The molecule has 2 aromatic rings. The number of aromatic nitrogens is 1. The van der Waals surface area contributed by atoms with E-state index in [9.17, 15) is 4.79 Å². The van der Waals surface area contributed by atoms with E-state index in [-0.39, 0.29) is 4.87 Å². The fraction of sp³-hybridized carbons (Fsp3) is 0.235. The van der Waals surface area contributed by atoms with E-state index < -0.39 is 0 Å². The van der Waals surface area contributed by atoms with Crippen molar-refractivity contribution in [2.24, 2.45) is 0 Å². The highest BCUT2D eigenvalue weighted by atomic mass is 32.1. The van der Waals surface area contributed by atoms with Gasteiger partial charge in [-0.15, -0.1) is 13.2 Å². The van der Waals surface area contributed by atoms with E-state index in [1.165, 1.54) is 16.9 Å². The van der Waals surface area contributed by atoms with Crippen molar-refractivity contribution in [1.82, 2.24) is 9.88 Å². The van der Waals surface area contributed by atoms with Gasteiger partial charge in [0.2, 0.25) is 0 Å². The summed E-state index contributed by atoms with van der Waals surface area (Å²) >= 11 is 1.27. The summed E-state index contributed by atoms with van der Waals surface area (Å²) in [6, 6.07) is 8.20. The number of H-pyrrole nitrogens is 1. The molecule has 0 spiro atoms. The van der Waals surface area contributed by atoms with Gasteiger partial charge in [0.05, 0.1) is 5.69 Å². The molecule has 3 nitrogen and oxygen atoms in total. The van der Waals surface area contributed by atoms with Gasteiger partial charge in [0.25, 0.3) is 0 Å². The highest BCUT2D eigenvalue weighted by molar-refractivity contribution is 7.09. The summed E-state index contributed by atoms with van der Waals surface area (Å²) in [5, 5.41) is 0. The number of aryl methyl sites for hydroxylation is 1. The quantitative estimate of drug-likeness (QED) is 0.793. The molecule has 0 bridgehead atoms.